The SMILES string of the molecule is CCOC(=O)/C(=C/CC(=O)N1C(=O)CC(C)(C)N1Cc1cccc2ccccc12)Cc1ccccc1. The monoisotopic (exact) mass is 484 g/mol. The van der Waals surface area contributed by atoms with Crippen LogP contribution in [0, 0.1) is 0 Å². The summed E-state index contributed by atoms with van der Waals surface area (Å²) in [6, 6.07) is 23.7. The highest BCUT2D eigenvalue weighted by Gasteiger charge is 2.46. The fourth-order valence-corrected chi connectivity index (χ4v) is 4.66. The Hall–Kier alpha value is -3.77. The number of nitrogens with zero attached hydrogens (tertiary/aromatic N) is 2. The van der Waals surface area contributed by atoms with Gasteiger partial charge in [-0.25, -0.2) is 14.8 Å². The van der Waals surface area contributed by atoms with E-state index in [9.17, 15) is 14.4 Å². The van der Waals surface area contributed by atoms with Crippen molar-refractivity contribution in [2.45, 2.75) is 52.1 Å². The van der Waals surface area contributed by atoms with Gasteiger partial charge in [-0.05, 0) is 42.7 Å². The maximum Gasteiger partial charge on any atom is 0.334 e. The van der Waals surface area contributed by atoms with Crippen molar-refractivity contribution in [3.8, 4) is 0 Å². The van der Waals surface area contributed by atoms with E-state index in [1.807, 2.05) is 73.5 Å². The van der Waals surface area contributed by atoms with Gasteiger partial charge in [0.15, 0.2) is 0 Å². The largest absolute Gasteiger partial charge is 0.463 e. The molecule has 2 amide bonds. The highest BCUT2D eigenvalue weighted by atomic mass is 16.5. The predicted molar refractivity (Wildman–Crippen MR) is 140 cm³/mol. The molecule has 1 aliphatic rings. The zero-order chi connectivity index (χ0) is 25.7. The van der Waals surface area contributed by atoms with Crippen molar-refractivity contribution in [1.29, 1.82) is 0 Å². The van der Waals surface area contributed by atoms with Crippen LogP contribution >= 0.6 is 0 Å². The summed E-state index contributed by atoms with van der Waals surface area (Å²) in [5, 5.41) is 5.33. The fourth-order valence-electron chi connectivity index (χ4n) is 4.66. The third kappa shape index (κ3) is 5.55. The van der Waals surface area contributed by atoms with Gasteiger partial charge in [-0.3, -0.25) is 9.59 Å². The summed E-state index contributed by atoms with van der Waals surface area (Å²) in [5.74, 6) is -1.05. The number of carbonyl (C=O) groups is 3. The predicted octanol–water partition coefficient (Wildman–Crippen LogP) is 5.22. The van der Waals surface area contributed by atoms with Gasteiger partial charge in [0.2, 0.25) is 11.8 Å². The van der Waals surface area contributed by atoms with E-state index < -0.39 is 11.5 Å². The Kier molecular flexibility index (Phi) is 7.65. The lowest BCUT2D eigenvalue weighted by molar-refractivity contribution is -0.160. The van der Waals surface area contributed by atoms with Crippen LogP contribution in [0.15, 0.2) is 84.4 Å². The average Bonchev–Trinajstić information content (AvgIpc) is 3.09. The van der Waals surface area contributed by atoms with Gasteiger partial charge >= 0.3 is 5.97 Å². The van der Waals surface area contributed by atoms with E-state index in [1.54, 1.807) is 13.0 Å². The van der Waals surface area contributed by atoms with Crippen LogP contribution < -0.4 is 0 Å². The second kappa shape index (κ2) is 10.9. The third-order valence-electron chi connectivity index (χ3n) is 6.49. The van der Waals surface area contributed by atoms with Crippen LogP contribution in [-0.4, -0.2) is 39.9 Å². The number of hydrazine groups is 1. The van der Waals surface area contributed by atoms with E-state index in [0.717, 1.165) is 21.9 Å². The Labute approximate surface area is 212 Å². The Morgan fingerprint density at radius 2 is 1.67 bits per heavy atom. The number of hydrogen-bond donors (Lipinski definition) is 0. The van der Waals surface area contributed by atoms with Crippen LogP contribution in [0.1, 0.15) is 44.7 Å². The number of hydrogen-bond acceptors (Lipinski definition) is 5. The second-order valence-corrected chi connectivity index (χ2v) is 9.60. The summed E-state index contributed by atoms with van der Waals surface area (Å²) in [6.45, 7) is 6.36. The zero-order valence-electron chi connectivity index (χ0n) is 21.1. The molecule has 1 fully saturated rings. The number of benzene rings is 3. The highest BCUT2D eigenvalue weighted by molar-refractivity contribution is 5.98. The molecule has 0 bridgehead atoms. The number of fused-ring (bicyclic) bond motifs is 1. The molecule has 3 aromatic carbocycles. The number of amides is 2. The molecule has 0 saturated carbocycles. The Morgan fingerprint density at radius 1 is 0.972 bits per heavy atom. The van der Waals surface area contributed by atoms with Crippen LogP contribution in [0.5, 0.6) is 0 Å². The number of imide groups is 1. The maximum atomic E-state index is 13.4. The summed E-state index contributed by atoms with van der Waals surface area (Å²) >= 11 is 0. The minimum absolute atomic E-state index is 0.0746. The number of esters is 1. The first-order chi connectivity index (χ1) is 17.3. The van der Waals surface area contributed by atoms with Crippen molar-refractivity contribution in [1.82, 2.24) is 10.0 Å². The van der Waals surface area contributed by atoms with E-state index in [-0.39, 0.29) is 31.3 Å². The van der Waals surface area contributed by atoms with Gasteiger partial charge in [0.05, 0.1) is 6.61 Å². The lowest BCUT2D eigenvalue weighted by Crippen LogP contribution is -2.49. The molecule has 3 aromatic rings. The van der Waals surface area contributed by atoms with E-state index in [2.05, 4.69) is 18.2 Å². The molecule has 6 heteroatoms. The van der Waals surface area contributed by atoms with E-state index >= 15 is 0 Å². The summed E-state index contributed by atoms with van der Waals surface area (Å²) < 4.78 is 5.22. The maximum absolute atomic E-state index is 13.4. The highest BCUT2D eigenvalue weighted by Crippen LogP contribution is 2.33. The Balaban J connectivity index is 1.59. The molecule has 4 rings (SSSR count). The van der Waals surface area contributed by atoms with Crippen LogP contribution in [0.3, 0.4) is 0 Å². The van der Waals surface area contributed by atoms with Crippen LogP contribution in [-0.2, 0) is 32.1 Å². The van der Waals surface area contributed by atoms with Crippen molar-refractivity contribution in [2.75, 3.05) is 6.61 Å². The number of carbonyl (C=O) groups excluding carboxylic acids is 3. The van der Waals surface area contributed by atoms with Gasteiger partial charge in [0, 0.05) is 36.9 Å². The molecule has 0 N–H and O–H groups in total. The molecule has 6 nitrogen and oxygen atoms in total. The molecule has 36 heavy (non-hydrogen) atoms. The Morgan fingerprint density at radius 3 is 2.42 bits per heavy atom. The van der Waals surface area contributed by atoms with Crippen LogP contribution in [0.4, 0.5) is 0 Å². The molecule has 0 aromatic heterocycles. The number of rotatable bonds is 8. The molecule has 1 aliphatic heterocycles. The summed E-state index contributed by atoms with van der Waals surface area (Å²) in [6.07, 6.45) is 2.12. The normalized spacial score (nSPS) is 15.9. The minimum Gasteiger partial charge on any atom is -0.463 e. The molecule has 1 saturated heterocycles. The molecule has 186 valence electrons. The van der Waals surface area contributed by atoms with Crippen molar-refractivity contribution in [3.05, 3.63) is 95.6 Å². The molecule has 1 heterocycles. The third-order valence-corrected chi connectivity index (χ3v) is 6.49. The minimum atomic E-state index is -0.526. The van der Waals surface area contributed by atoms with Crippen molar-refractivity contribution in [3.63, 3.8) is 0 Å². The van der Waals surface area contributed by atoms with Crippen LogP contribution in [0.2, 0.25) is 0 Å². The topological polar surface area (TPSA) is 66.9 Å². The molecular formula is C30H32N2O4. The summed E-state index contributed by atoms with van der Waals surface area (Å²) in [7, 11) is 0. The first-order valence-corrected chi connectivity index (χ1v) is 12.3. The van der Waals surface area contributed by atoms with E-state index in [0.29, 0.717) is 18.5 Å². The second-order valence-electron chi connectivity index (χ2n) is 9.60. The van der Waals surface area contributed by atoms with Crippen LogP contribution in [0.25, 0.3) is 10.8 Å². The van der Waals surface area contributed by atoms with Crippen molar-refractivity contribution >= 4 is 28.6 Å². The number of ether oxygens (including phenoxy) is 1. The lowest BCUT2D eigenvalue weighted by atomic mass is 9.99. The van der Waals surface area contributed by atoms with Gasteiger partial charge in [-0.1, -0.05) is 78.9 Å². The molecule has 0 aliphatic carbocycles. The Bertz CT molecular complexity index is 1290. The average molecular weight is 485 g/mol. The van der Waals surface area contributed by atoms with Gasteiger partial charge in [0.25, 0.3) is 0 Å². The summed E-state index contributed by atoms with van der Waals surface area (Å²) in [4.78, 5) is 39.0. The van der Waals surface area contributed by atoms with Crippen molar-refractivity contribution < 1.29 is 19.1 Å². The fraction of sp³-hybridized carbons (Fsp3) is 0.300. The lowest BCUT2D eigenvalue weighted by Gasteiger charge is -2.35. The molecule has 0 atom stereocenters. The smallest absolute Gasteiger partial charge is 0.334 e. The van der Waals surface area contributed by atoms with Gasteiger partial charge in [-0.2, -0.15) is 0 Å². The first kappa shape index (κ1) is 25.3. The van der Waals surface area contributed by atoms with E-state index in [1.165, 1.54) is 5.01 Å². The summed E-state index contributed by atoms with van der Waals surface area (Å²) in [5.41, 5.74) is 1.87. The zero-order valence-corrected chi connectivity index (χ0v) is 21.1. The first-order valence-electron chi connectivity index (χ1n) is 12.3. The van der Waals surface area contributed by atoms with Gasteiger partial charge < -0.3 is 4.74 Å². The molecular weight excluding hydrogens is 452 g/mol. The standard InChI is InChI=1S/C30H32N2O4/c1-4-36-29(35)24(19-22-11-6-5-7-12-22)17-18-27(33)32-28(34)20-30(2,3)31(32)21-25-15-10-14-23-13-8-9-16-26(23)25/h5-17H,4,18-21H2,1-3H3/b24-17+. The van der Waals surface area contributed by atoms with Crippen molar-refractivity contribution in [2.24, 2.45) is 0 Å². The molecule has 0 spiro atoms. The van der Waals surface area contributed by atoms with E-state index in [4.69, 9.17) is 4.74 Å². The van der Waals surface area contributed by atoms with Gasteiger partial charge in [-0.15, -0.1) is 0 Å². The van der Waals surface area contributed by atoms with Gasteiger partial charge in [0.1, 0.15) is 0 Å². The molecule has 0 unspecified atom stereocenters. The quantitative estimate of drug-likeness (QED) is 0.324. The molecule has 0 radical (unpaired) electrons.